The molecule has 1 spiro atoms. The normalized spacial score (nSPS) is 23.5. The van der Waals surface area contributed by atoms with Gasteiger partial charge in [0.05, 0.1) is 11.6 Å². The van der Waals surface area contributed by atoms with Crippen LogP contribution in [0.3, 0.4) is 0 Å². The molecule has 5 nitrogen and oxygen atoms in total. The van der Waals surface area contributed by atoms with E-state index in [2.05, 4.69) is 10.1 Å². The van der Waals surface area contributed by atoms with Gasteiger partial charge in [0.1, 0.15) is 0 Å². The second-order valence-electron chi connectivity index (χ2n) is 5.53. The number of carboxylic acid groups (broad SMARTS) is 1. The maximum absolute atomic E-state index is 11.4. The Morgan fingerprint density at radius 2 is 2.32 bits per heavy atom. The van der Waals surface area contributed by atoms with Crippen molar-refractivity contribution in [2.75, 3.05) is 0 Å². The summed E-state index contributed by atoms with van der Waals surface area (Å²) in [5.41, 5.74) is 2.48. The van der Waals surface area contributed by atoms with Gasteiger partial charge in [-0.15, -0.1) is 0 Å². The molecule has 0 amide bonds. The first kappa shape index (κ1) is 11.2. The predicted molar refractivity (Wildman–Crippen MR) is 68.5 cm³/mol. The van der Waals surface area contributed by atoms with Gasteiger partial charge >= 0.3 is 5.97 Å². The standard InChI is InChI=1S/C13H12ClN3O2/c14-9-4-10-15-6-8-7(12(18)19)5-13(2-1-3-13)11(8)17(10)16-9/h4,6-7H,1-3,5H2,(H,18,19). The molecule has 2 aromatic rings. The molecule has 2 heterocycles. The van der Waals surface area contributed by atoms with Crippen LogP contribution in [0.4, 0.5) is 0 Å². The van der Waals surface area contributed by atoms with Crippen molar-refractivity contribution in [2.24, 2.45) is 0 Å². The SMILES string of the molecule is O=C(O)C1CC2(CCC2)c2c1cnc1cc(Cl)nn21. The molecule has 2 aliphatic rings. The number of carbonyl (C=O) groups is 1. The third-order valence-electron chi connectivity index (χ3n) is 4.56. The zero-order valence-electron chi connectivity index (χ0n) is 10.1. The molecule has 19 heavy (non-hydrogen) atoms. The molecular weight excluding hydrogens is 266 g/mol. The van der Waals surface area contributed by atoms with E-state index >= 15 is 0 Å². The van der Waals surface area contributed by atoms with Crippen LogP contribution < -0.4 is 0 Å². The summed E-state index contributed by atoms with van der Waals surface area (Å²) in [4.78, 5) is 15.7. The molecule has 2 aromatic heterocycles. The first-order valence-electron chi connectivity index (χ1n) is 6.38. The molecule has 1 N–H and O–H groups in total. The Morgan fingerprint density at radius 1 is 1.53 bits per heavy atom. The van der Waals surface area contributed by atoms with Crippen LogP contribution in [0.2, 0.25) is 5.15 Å². The highest BCUT2D eigenvalue weighted by molar-refractivity contribution is 6.29. The first-order valence-corrected chi connectivity index (χ1v) is 6.76. The number of aromatic nitrogens is 3. The highest BCUT2D eigenvalue weighted by atomic mass is 35.5. The molecule has 98 valence electrons. The van der Waals surface area contributed by atoms with Crippen LogP contribution in [-0.2, 0) is 10.2 Å². The third-order valence-corrected chi connectivity index (χ3v) is 4.75. The van der Waals surface area contributed by atoms with Gasteiger partial charge in [-0.25, -0.2) is 9.50 Å². The minimum atomic E-state index is -0.774. The van der Waals surface area contributed by atoms with Crippen LogP contribution in [0.5, 0.6) is 0 Å². The molecule has 4 rings (SSSR count). The lowest BCUT2D eigenvalue weighted by Gasteiger charge is -2.39. The summed E-state index contributed by atoms with van der Waals surface area (Å²) < 4.78 is 1.75. The maximum Gasteiger partial charge on any atom is 0.311 e. The zero-order chi connectivity index (χ0) is 13.2. The quantitative estimate of drug-likeness (QED) is 0.869. The van der Waals surface area contributed by atoms with E-state index in [0.29, 0.717) is 17.2 Å². The van der Waals surface area contributed by atoms with Crippen molar-refractivity contribution >= 4 is 23.2 Å². The minimum absolute atomic E-state index is 0.0328. The van der Waals surface area contributed by atoms with Gasteiger partial charge in [0.2, 0.25) is 0 Å². The molecule has 1 fully saturated rings. The molecule has 1 atom stereocenters. The Balaban J connectivity index is 2.03. The molecule has 0 bridgehead atoms. The van der Waals surface area contributed by atoms with Gasteiger partial charge in [0.25, 0.3) is 0 Å². The van der Waals surface area contributed by atoms with Crippen LogP contribution in [0.1, 0.15) is 42.9 Å². The second kappa shape index (κ2) is 3.48. The summed E-state index contributed by atoms with van der Waals surface area (Å²) in [6.07, 6.45) is 5.55. The summed E-state index contributed by atoms with van der Waals surface area (Å²) in [5, 5.41) is 14.1. The number of rotatable bonds is 1. The van der Waals surface area contributed by atoms with Crippen molar-refractivity contribution in [1.29, 1.82) is 0 Å². The van der Waals surface area contributed by atoms with Crippen LogP contribution in [0.15, 0.2) is 12.3 Å². The predicted octanol–water partition coefficient (Wildman–Crippen LogP) is 2.38. The average molecular weight is 278 g/mol. The topological polar surface area (TPSA) is 67.5 Å². The van der Waals surface area contributed by atoms with Crippen LogP contribution >= 0.6 is 11.6 Å². The van der Waals surface area contributed by atoms with Crippen molar-refractivity contribution in [1.82, 2.24) is 14.6 Å². The second-order valence-corrected chi connectivity index (χ2v) is 5.92. The van der Waals surface area contributed by atoms with E-state index < -0.39 is 11.9 Å². The van der Waals surface area contributed by atoms with E-state index in [1.165, 1.54) is 0 Å². The van der Waals surface area contributed by atoms with E-state index in [1.807, 2.05) is 0 Å². The van der Waals surface area contributed by atoms with Crippen LogP contribution in [0.25, 0.3) is 5.65 Å². The van der Waals surface area contributed by atoms with Crippen LogP contribution in [0, 0.1) is 0 Å². The summed E-state index contributed by atoms with van der Waals surface area (Å²) in [6, 6.07) is 1.71. The zero-order valence-corrected chi connectivity index (χ0v) is 10.9. The monoisotopic (exact) mass is 277 g/mol. The van der Waals surface area contributed by atoms with E-state index in [0.717, 1.165) is 30.5 Å². The van der Waals surface area contributed by atoms with Crippen molar-refractivity contribution in [3.63, 3.8) is 0 Å². The van der Waals surface area contributed by atoms with Gasteiger partial charge in [0, 0.05) is 23.2 Å². The molecular formula is C13H12ClN3O2. The largest absolute Gasteiger partial charge is 0.481 e. The number of aliphatic carboxylic acids is 1. The van der Waals surface area contributed by atoms with Crippen molar-refractivity contribution < 1.29 is 9.90 Å². The summed E-state index contributed by atoms with van der Waals surface area (Å²) in [6.45, 7) is 0. The van der Waals surface area contributed by atoms with Crippen molar-refractivity contribution in [3.8, 4) is 0 Å². The fraction of sp³-hybridized carbons (Fsp3) is 0.462. The number of carboxylic acids is 1. The Morgan fingerprint density at radius 3 is 2.95 bits per heavy atom. The van der Waals surface area contributed by atoms with Crippen molar-refractivity contribution in [2.45, 2.75) is 37.0 Å². The lowest BCUT2D eigenvalue weighted by molar-refractivity contribution is -0.139. The van der Waals surface area contributed by atoms with Gasteiger partial charge in [-0.1, -0.05) is 18.0 Å². The molecule has 1 unspecified atom stereocenters. The highest BCUT2D eigenvalue weighted by Crippen LogP contribution is 2.56. The Hall–Kier alpha value is -1.62. The molecule has 0 radical (unpaired) electrons. The van der Waals surface area contributed by atoms with E-state index in [-0.39, 0.29) is 5.41 Å². The number of nitrogens with zero attached hydrogens (tertiary/aromatic N) is 3. The number of fused-ring (bicyclic) bond motifs is 4. The smallest absolute Gasteiger partial charge is 0.311 e. The first-order chi connectivity index (χ1) is 9.11. The van der Waals surface area contributed by atoms with Gasteiger partial charge in [0.15, 0.2) is 10.8 Å². The van der Waals surface area contributed by atoms with E-state index in [4.69, 9.17) is 11.6 Å². The van der Waals surface area contributed by atoms with E-state index in [9.17, 15) is 9.90 Å². The molecule has 1 saturated carbocycles. The highest BCUT2D eigenvalue weighted by Gasteiger charge is 2.52. The Bertz CT molecular complexity index is 705. The van der Waals surface area contributed by atoms with Gasteiger partial charge in [-0.2, -0.15) is 5.10 Å². The van der Waals surface area contributed by atoms with Crippen LogP contribution in [-0.4, -0.2) is 25.7 Å². The van der Waals surface area contributed by atoms with Gasteiger partial charge < -0.3 is 5.11 Å². The Kier molecular flexibility index (Phi) is 2.05. The molecule has 0 saturated heterocycles. The third kappa shape index (κ3) is 1.33. The van der Waals surface area contributed by atoms with E-state index in [1.54, 1.807) is 16.8 Å². The average Bonchev–Trinajstić information content (AvgIpc) is 2.83. The summed E-state index contributed by atoms with van der Waals surface area (Å²) in [7, 11) is 0. The number of hydrogen-bond acceptors (Lipinski definition) is 3. The lowest BCUT2D eigenvalue weighted by Crippen LogP contribution is -2.34. The molecule has 0 aliphatic heterocycles. The summed E-state index contributed by atoms with van der Waals surface area (Å²) in [5.74, 6) is -1.24. The minimum Gasteiger partial charge on any atom is -0.481 e. The molecule has 6 heteroatoms. The fourth-order valence-electron chi connectivity index (χ4n) is 3.57. The lowest BCUT2D eigenvalue weighted by atomic mass is 9.66. The van der Waals surface area contributed by atoms with Gasteiger partial charge in [-0.3, -0.25) is 4.79 Å². The maximum atomic E-state index is 11.4. The van der Waals surface area contributed by atoms with Crippen molar-refractivity contribution in [3.05, 3.63) is 28.7 Å². The van der Waals surface area contributed by atoms with Gasteiger partial charge in [-0.05, 0) is 19.3 Å². The fourth-order valence-corrected chi connectivity index (χ4v) is 3.74. The Labute approximate surface area is 114 Å². The number of halogens is 1. The molecule has 2 aliphatic carbocycles. The summed E-state index contributed by atoms with van der Waals surface area (Å²) >= 11 is 5.95. The number of hydrogen-bond donors (Lipinski definition) is 1. The molecule has 0 aromatic carbocycles.